The lowest BCUT2D eigenvalue weighted by atomic mass is 9.92. The van der Waals surface area contributed by atoms with Crippen LogP contribution < -0.4 is 0 Å². The molecule has 0 amide bonds. The van der Waals surface area contributed by atoms with Crippen molar-refractivity contribution < 1.29 is 0 Å². The molecule has 0 saturated heterocycles. The Hall–Kier alpha value is -1.23. The summed E-state index contributed by atoms with van der Waals surface area (Å²) in [5.41, 5.74) is 5.81. The van der Waals surface area contributed by atoms with Crippen molar-refractivity contribution >= 4 is 11.8 Å². The highest BCUT2D eigenvalue weighted by molar-refractivity contribution is 7.99. The number of hydrogen-bond acceptors (Lipinski definition) is 3. The van der Waals surface area contributed by atoms with E-state index < -0.39 is 0 Å². The normalized spacial score (nSPS) is 16.0. The second kappa shape index (κ2) is 7.98. The number of aryl methyl sites for hydroxylation is 2. The summed E-state index contributed by atoms with van der Waals surface area (Å²) < 4.78 is 4.54. The van der Waals surface area contributed by atoms with Crippen molar-refractivity contribution in [3.63, 3.8) is 0 Å². The van der Waals surface area contributed by atoms with Gasteiger partial charge < -0.3 is 4.57 Å². The molecule has 0 aromatic carbocycles. The van der Waals surface area contributed by atoms with Gasteiger partial charge in [-0.2, -0.15) is 5.10 Å². The summed E-state index contributed by atoms with van der Waals surface area (Å²) in [6.45, 7) is 13.3. The smallest absolute Gasteiger partial charge is 0.168 e. The highest BCUT2D eigenvalue weighted by Crippen LogP contribution is 2.29. The quantitative estimate of drug-likeness (QED) is 0.771. The number of rotatable bonds is 3. The lowest BCUT2D eigenvalue weighted by molar-refractivity contribution is 0.591. The molecule has 0 spiro atoms. The average molecular weight is 361 g/mol. The number of aromatic nitrogens is 4. The molecule has 0 bridgehead atoms. The summed E-state index contributed by atoms with van der Waals surface area (Å²) in [5.74, 6) is 2.42. The maximum absolute atomic E-state index is 4.71. The highest BCUT2D eigenvalue weighted by atomic mass is 32.2. The Morgan fingerprint density at radius 1 is 1.12 bits per heavy atom. The summed E-state index contributed by atoms with van der Waals surface area (Å²) in [7, 11) is 0. The fraction of sp³-hybridized carbons (Fsp3) is 0.700. The molecule has 0 fully saturated rings. The summed E-state index contributed by atoms with van der Waals surface area (Å²) in [4.78, 5) is 4.34. The van der Waals surface area contributed by atoms with Crippen LogP contribution >= 0.6 is 11.8 Å². The van der Waals surface area contributed by atoms with Gasteiger partial charge in [0, 0.05) is 36.4 Å². The van der Waals surface area contributed by atoms with E-state index in [-0.39, 0.29) is 0 Å². The molecule has 5 heteroatoms. The van der Waals surface area contributed by atoms with E-state index in [2.05, 4.69) is 48.9 Å². The van der Waals surface area contributed by atoms with Gasteiger partial charge in [0.05, 0.1) is 5.69 Å². The van der Waals surface area contributed by atoms with Crippen LogP contribution in [0, 0.1) is 0 Å². The Morgan fingerprint density at radius 3 is 2.56 bits per heavy atom. The van der Waals surface area contributed by atoms with E-state index in [0.717, 1.165) is 13.1 Å². The minimum Gasteiger partial charge on any atom is -0.322 e. The zero-order valence-corrected chi connectivity index (χ0v) is 17.2. The molecule has 4 rings (SSSR count). The van der Waals surface area contributed by atoms with Gasteiger partial charge in [0.2, 0.25) is 0 Å². The fourth-order valence-electron chi connectivity index (χ4n) is 3.92. The molecule has 1 aliphatic heterocycles. The van der Waals surface area contributed by atoms with Crippen LogP contribution in [0.3, 0.4) is 0 Å². The van der Waals surface area contributed by atoms with Crippen molar-refractivity contribution in [3.8, 4) is 0 Å². The summed E-state index contributed by atoms with van der Waals surface area (Å²) in [6.07, 6.45) is 7.13. The molecular weight excluding hydrogens is 328 g/mol. The Bertz CT molecular complexity index is 712. The SMILES string of the molecule is CC(C)c1cnc2n1CCS2.CCn1nc2c(c1C(C)C)CCCC2. The third-order valence-electron chi connectivity index (χ3n) is 5.10. The maximum Gasteiger partial charge on any atom is 0.168 e. The van der Waals surface area contributed by atoms with Crippen LogP contribution in [0.4, 0.5) is 0 Å². The third kappa shape index (κ3) is 3.81. The molecule has 25 heavy (non-hydrogen) atoms. The fourth-order valence-corrected chi connectivity index (χ4v) is 4.85. The number of nitrogens with zero attached hydrogens (tertiary/aromatic N) is 4. The van der Waals surface area contributed by atoms with Gasteiger partial charge in [-0.1, -0.05) is 39.5 Å². The van der Waals surface area contributed by atoms with Crippen LogP contribution in [0.25, 0.3) is 0 Å². The van der Waals surface area contributed by atoms with E-state index in [1.165, 1.54) is 53.7 Å². The average Bonchev–Trinajstić information content (AvgIpc) is 3.27. The molecule has 0 radical (unpaired) electrons. The van der Waals surface area contributed by atoms with E-state index in [1.807, 2.05) is 18.0 Å². The van der Waals surface area contributed by atoms with Gasteiger partial charge in [-0.15, -0.1) is 0 Å². The zero-order chi connectivity index (χ0) is 18.0. The largest absolute Gasteiger partial charge is 0.322 e. The second-order valence-corrected chi connectivity index (χ2v) is 8.67. The monoisotopic (exact) mass is 360 g/mol. The Labute approximate surface area is 156 Å². The minimum atomic E-state index is 0.606. The van der Waals surface area contributed by atoms with Gasteiger partial charge in [0.25, 0.3) is 0 Å². The van der Waals surface area contributed by atoms with Crippen LogP contribution in [0.1, 0.15) is 81.9 Å². The third-order valence-corrected chi connectivity index (χ3v) is 6.07. The molecule has 1 aliphatic carbocycles. The topological polar surface area (TPSA) is 35.6 Å². The highest BCUT2D eigenvalue weighted by Gasteiger charge is 2.21. The van der Waals surface area contributed by atoms with Gasteiger partial charge in [-0.3, -0.25) is 4.68 Å². The first-order valence-electron chi connectivity index (χ1n) is 9.79. The van der Waals surface area contributed by atoms with Crippen molar-refractivity contribution in [1.82, 2.24) is 19.3 Å². The van der Waals surface area contributed by atoms with E-state index in [0.29, 0.717) is 11.8 Å². The van der Waals surface area contributed by atoms with Crippen molar-refractivity contribution in [2.45, 2.75) is 90.4 Å². The number of hydrogen-bond donors (Lipinski definition) is 0. The van der Waals surface area contributed by atoms with Crippen molar-refractivity contribution in [2.75, 3.05) is 5.75 Å². The van der Waals surface area contributed by atoms with Crippen LogP contribution in [-0.2, 0) is 25.9 Å². The summed E-state index contributed by atoms with van der Waals surface area (Å²) in [6, 6.07) is 0. The van der Waals surface area contributed by atoms with Gasteiger partial charge in [-0.25, -0.2) is 4.98 Å². The molecule has 0 N–H and O–H groups in total. The zero-order valence-electron chi connectivity index (χ0n) is 16.4. The van der Waals surface area contributed by atoms with Crippen molar-refractivity contribution in [1.29, 1.82) is 0 Å². The first-order chi connectivity index (χ1) is 12.0. The van der Waals surface area contributed by atoms with Crippen molar-refractivity contribution in [2.24, 2.45) is 0 Å². The molecule has 0 atom stereocenters. The van der Waals surface area contributed by atoms with Gasteiger partial charge in [0.15, 0.2) is 5.16 Å². The molecule has 138 valence electrons. The molecule has 2 aromatic heterocycles. The Kier molecular flexibility index (Phi) is 5.92. The molecule has 0 saturated carbocycles. The van der Waals surface area contributed by atoms with Crippen LogP contribution in [0.15, 0.2) is 11.4 Å². The van der Waals surface area contributed by atoms with Gasteiger partial charge in [0.1, 0.15) is 0 Å². The number of fused-ring (bicyclic) bond motifs is 2. The first-order valence-corrected chi connectivity index (χ1v) is 10.8. The van der Waals surface area contributed by atoms with Crippen LogP contribution in [-0.4, -0.2) is 25.1 Å². The lowest BCUT2D eigenvalue weighted by Gasteiger charge is -2.13. The Morgan fingerprint density at radius 2 is 1.88 bits per heavy atom. The molecule has 2 aromatic rings. The molecule has 3 heterocycles. The second-order valence-electron chi connectivity index (χ2n) is 7.61. The molecule has 0 unspecified atom stereocenters. The predicted octanol–water partition coefficient (Wildman–Crippen LogP) is 5.02. The Balaban J connectivity index is 0.000000150. The number of imidazole rings is 1. The maximum atomic E-state index is 4.71. The van der Waals surface area contributed by atoms with E-state index in [1.54, 1.807) is 5.56 Å². The predicted molar refractivity (Wildman–Crippen MR) is 106 cm³/mol. The lowest BCUT2D eigenvalue weighted by Crippen LogP contribution is -2.06. The van der Waals surface area contributed by atoms with Crippen LogP contribution in [0.5, 0.6) is 0 Å². The first kappa shape index (κ1) is 18.6. The molecule has 2 aliphatic rings. The van der Waals surface area contributed by atoms with Gasteiger partial charge in [-0.05, 0) is 50.0 Å². The molecule has 4 nitrogen and oxygen atoms in total. The van der Waals surface area contributed by atoms with Gasteiger partial charge >= 0.3 is 0 Å². The standard InChI is InChI=1S/C12H20N2.C8H12N2S/c1-4-14-12(9(2)3)10-7-5-6-8-11(10)13-14;1-6(2)7-5-9-8-10(7)3-4-11-8/h9H,4-8H2,1-3H3;5-6H,3-4H2,1-2H3. The van der Waals surface area contributed by atoms with E-state index >= 15 is 0 Å². The van der Waals surface area contributed by atoms with Crippen LogP contribution in [0.2, 0.25) is 0 Å². The van der Waals surface area contributed by atoms with Crippen molar-refractivity contribution in [3.05, 3.63) is 28.8 Å². The molecular formula is C20H32N4S. The number of thioether (sulfide) groups is 1. The minimum absolute atomic E-state index is 0.606. The van der Waals surface area contributed by atoms with E-state index in [9.17, 15) is 0 Å². The summed E-state index contributed by atoms with van der Waals surface area (Å²) in [5, 5.41) is 5.91. The summed E-state index contributed by atoms with van der Waals surface area (Å²) >= 11 is 1.86. The van der Waals surface area contributed by atoms with E-state index in [4.69, 9.17) is 5.10 Å².